The van der Waals surface area contributed by atoms with Crippen LogP contribution in [0.1, 0.15) is 27.2 Å². The number of rotatable bonds is 2. The second-order valence-corrected chi connectivity index (χ2v) is 6.30. The molecule has 1 aliphatic carbocycles. The maximum absolute atomic E-state index is 5.97. The molecular weight excluding hydrogens is 242 g/mol. The number of hydrogen-bond donors (Lipinski definition) is 1. The average molecular weight is 262 g/mol. The summed E-state index contributed by atoms with van der Waals surface area (Å²) in [5.41, 5.74) is 2.51. The van der Waals surface area contributed by atoms with Gasteiger partial charge >= 0.3 is 0 Å². The fourth-order valence-corrected chi connectivity index (χ4v) is 2.28. The molecule has 96 valence electrons. The highest BCUT2D eigenvalue weighted by Gasteiger charge is 2.22. The Labute approximate surface area is 115 Å². The van der Waals surface area contributed by atoms with E-state index in [2.05, 4.69) is 44.3 Å². The van der Waals surface area contributed by atoms with Crippen molar-refractivity contribution in [3.63, 3.8) is 0 Å². The molecule has 0 amide bonds. The molecule has 0 saturated heterocycles. The normalized spacial score (nSPS) is 19.6. The monoisotopic (exact) mass is 261 g/mol. The Morgan fingerprint density at radius 3 is 2.61 bits per heavy atom. The summed E-state index contributed by atoms with van der Waals surface area (Å²) < 4.78 is 0. The van der Waals surface area contributed by atoms with Gasteiger partial charge in [-0.25, -0.2) is 0 Å². The molecule has 0 heterocycles. The molecule has 1 aromatic rings. The van der Waals surface area contributed by atoms with E-state index in [1.807, 2.05) is 24.3 Å². The first-order valence-corrected chi connectivity index (χ1v) is 6.74. The van der Waals surface area contributed by atoms with Gasteiger partial charge in [-0.2, -0.15) is 0 Å². The van der Waals surface area contributed by atoms with Crippen molar-refractivity contribution in [1.82, 2.24) is 0 Å². The Morgan fingerprint density at radius 2 is 2.06 bits per heavy atom. The van der Waals surface area contributed by atoms with E-state index in [1.54, 1.807) is 0 Å². The van der Waals surface area contributed by atoms with Crippen LogP contribution in [0.15, 0.2) is 48.2 Å². The van der Waals surface area contributed by atoms with Crippen molar-refractivity contribution in [2.45, 2.75) is 27.2 Å². The van der Waals surface area contributed by atoms with Crippen LogP contribution in [0.25, 0.3) is 0 Å². The van der Waals surface area contributed by atoms with Gasteiger partial charge in [0, 0.05) is 16.4 Å². The molecule has 1 atom stereocenters. The van der Waals surface area contributed by atoms with Gasteiger partial charge in [0.25, 0.3) is 0 Å². The van der Waals surface area contributed by atoms with Gasteiger partial charge in [-0.3, -0.25) is 0 Å². The maximum atomic E-state index is 5.97. The molecular formula is C16H20ClN. The van der Waals surface area contributed by atoms with Crippen LogP contribution >= 0.6 is 11.6 Å². The van der Waals surface area contributed by atoms with Crippen LogP contribution in [0.2, 0.25) is 5.02 Å². The number of nitrogens with one attached hydrogen (secondary N) is 1. The second kappa shape index (κ2) is 5.19. The van der Waals surface area contributed by atoms with Gasteiger partial charge in [0.15, 0.2) is 0 Å². The maximum Gasteiger partial charge on any atom is 0.0426 e. The molecule has 0 aromatic heterocycles. The molecule has 1 aromatic carbocycles. The Balaban J connectivity index is 2.02. The molecule has 1 N–H and O–H groups in total. The lowest BCUT2D eigenvalue weighted by Gasteiger charge is -2.29. The van der Waals surface area contributed by atoms with Crippen molar-refractivity contribution in [3.05, 3.63) is 53.2 Å². The van der Waals surface area contributed by atoms with Crippen LogP contribution in [0.4, 0.5) is 5.69 Å². The third kappa shape index (κ3) is 3.39. The number of halogens is 1. The van der Waals surface area contributed by atoms with E-state index in [0.717, 1.165) is 22.8 Å². The molecule has 1 aliphatic rings. The number of anilines is 1. The van der Waals surface area contributed by atoms with Crippen molar-refractivity contribution in [1.29, 1.82) is 0 Å². The van der Waals surface area contributed by atoms with Crippen molar-refractivity contribution in [3.8, 4) is 0 Å². The highest BCUT2D eigenvalue weighted by Crippen LogP contribution is 2.33. The van der Waals surface area contributed by atoms with Crippen LogP contribution in [-0.4, -0.2) is 0 Å². The van der Waals surface area contributed by atoms with Gasteiger partial charge in [0.05, 0.1) is 0 Å². The molecule has 18 heavy (non-hydrogen) atoms. The first-order chi connectivity index (χ1) is 8.45. The fourth-order valence-electron chi connectivity index (χ4n) is 2.09. The predicted octanol–water partition coefficient (Wildman–Crippen LogP) is 5.26. The SMILES string of the molecule is CC(C)(C)C1C=CC(Nc2cccc(Cl)c2)=CC1. The average Bonchev–Trinajstić information content (AvgIpc) is 2.28. The Morgan fingerprint density at radius 1 is 1.28 bits per heavy atom. The van der Waals surface area contributed by atoms with Gasteiger partial charge in [0.2, 0.25) is 0 Å². The summed E-state index contributed by atoms with van der Waals surface area (Å²) in [7, 11) is 0. The zero-order chi connectivity index (χ0) is 13.2. The summed E-state index contributed by atoms with van der Waals surface area (Å²) in [6.07, 6.45) is 7.81. The third-order valence-corrected chi connectivity index (χ3v) is 3.56. The lowest BCUT2D eigenvalue weighted by molar-refractivity contribution is 0.293. The first-order valence-electron chi connectivity index (χ1n) is 6.36. The van der Waals surface area contributed by atoms with E-state index in [-0.39, 0.29) is 0 Å². The van der Waals surface area contributed by atoms with E-state index in [9.17, 15) is 0 Å². The van der Waals surface area contributed by atoms with E-state index >= 15 is 0 Å². The van der Waals surface area contributed by atoms with E-state index in [4.69, 9.17) is 11.6 Å². The van der Waals surface area contributed by atoms with Crippen molar-refractivity contribution in [2.24, 2.45) is 11.3 Å². The lowest BCUT2D eigenvalue weighted by atomic mass is 9.77. The molecule has 0 saturated carbocycles. The Bertz CT molecular complexity index is 480. The molecule has 1 nitrogen and oxygen atoms in total. The summed E-state index contributed by atoms with van der Waals surface area (Å²) in [5.74, 6) is 0.613. The number of allylic oxidation sites excluding steroid dienone is 3. The van der Waals surface area contributed by atoms with Gasteiger partial charge < -0.3 is 5.32 Å². The third-order valence-electron chi connectivity index (χ3n) is 3.33. The predicted molar refractivity (Wildman–Crippen MR) is 79.9 cm³/mol. The summed E-state index contributed by atoms with van der Waals surface area (Å²) in [5, 5.41) is 4.14. The van der Waals surface area contributed by atoms with E-state index in [0.29, 0.717) is 11.3 Å². The topological polar surface area (TPSA) is 12.0 Å². The van der Waals surface area contributed by atoms with Crippen molar-refractivity contribution in [2.75, 3.05) is 5.32 Å². The smallest absolute Gasteiger partial charge is 0.0426 e. The summed E-state index contributed by atoms with van der Waals surface area (Å²) in [6, 6.07) is 7.80. The van der Waals surface area contributed by atoms with Crippen LogP contribution in [0.5, 0.6) is 0 Å². The van der Waals surface area contributed by atoms with Crippen LogP contribution < -0.4 is 5.32 Å². The molecule has 0 radical (unpaired) electrons. The zero-order valence-electron chi connectivity index (χ0n) is 11.2. The van der Waals surface area contributed by atoms with Crippen molar-refractivity contribution >= 4 is 17.3 Å². The second-order valence-electron chi connectivity index (χ2n) is 5.86. The standard InChI is InChI=1S/C16H20ClN/c1-16(2,3)12-7-9-14(10-8-12)18-15-6-4-5-13(17)11-15/h4-7,9-12,18H,8H2,1-3H3. The minimum Gasteiger partial charge on any atom is -0.356 e. The molecule has 0 aliphatic heterocycles. The Kier molecular flexibility index (Phi) is 3.82. The van der Waals surface area contributed by atoms with Crippen molar-refractivity contribution < 1.29 is 0 Å². The van der Waals surface area contributed by atoms with Gasteiger partial charge in [-0.05, 0) is 42.0 Å². The molecule has 0 fully saturated rings. The van der Waals surface area contributed by atoms with Gasteiger partial charge in [-0.15, -0.1) is 0 Å². The molecule has 2 heteroatoms. The van der Waals surface area contributed by atoms with E-state index < -0.39 is 0 Å². The largest absolute Gasteiger partial charge is 0.356 e. The number of hydrogen-bond acceptors (Lipinski definition) is 1. The molecule has 0 spiro atoms. The highest BCUT2D eigenvalue weighted by molar-refractivity contribution is 6.30. The van der Waals surface area contributed by atoms with E-state index in [1.165, 1.54) is 0 Å². The quantitative estimate of drug-likeness (QED) is 0.766. The zero-order valence-corrected chi connectivity index (χ0v) is 12.0. The van der Waals surface area contributed by atoms with Gasteiger partial charge in [-0.1, -0.05) is 50.6 Å². The first kappa shape index (κ1) is 13.2. The molecule has 1 unspecified atom stereocenters. The van der Waals surface area contributed by atoms with Gasteiger partial charge in [0.1, 0.15) is 0 Å². The highest BCUT2D eigenvalue weighted by atomic mass is 35.5. The minimum absolute atomic E-state index is 0.328. The molecule has 0 bridgehead atoms. The minimum atomic E-state index is 0.328. The summed E-state index contributed by atoms with van der Waals surface area (Å²) in [6.45, 7) is 6.85. The Hall–Kier alpha value is -1.21. The molecule has 2 rings (SSSR count). The summed E-state index contributed by atoms with van der Waals surface area (Å²) >= 11 is 5.97. The fraction of sp³-hybridized carbons (Fsp3) is 0.375. The number of benzene rings is 1. The lowest BCUT2D eigenvalue weighted by Crippen LogP contribution is -2.20. The summed E-state index contributed by atoms with van der Waals surface area (Å²) in [4.78, 5) is 0. The van der Waals surface area contributed by atoms with Crippen LogP contribution in [0, 0.1) is 11.3 Å². The van der Waals surface area contributed by atoms with Crippen LogP contribution in [-0.2, 0) is 0 Å². The van der Waals surface area contributed by atoms with Crippen LogP contribution in [0.3, 0.4) is 0 Å².